The van der Waals surface area contributed by atoms with Crippen molar-refractivity contribution in [1.82, 2.24) is 5.32 Å². The first-order chi connectivity index (χ1) is 9.69. The van der Waals surface area contributed by atoms with E-state index >= 15 is 0 Å². The second-order valence-electron chi connectivity index (χ2n) is 5.51. The van der Waals surface area contributed by atoms with Crippen LogP contribution >= 0.6 is 11.6 Å². The summed E-state index contributed by atoms with van der Waals surface area (Å²) in [6, 6.07) is 5.10. The smallest absolute Gasteiger partial charge is 0.126 e. The maximum absolute atomic E-state index is 13.8. The molecule has 1 aromatic carbocycles. The molecule has 1 unspecified atom stereocenters. The molecular formula is C17H23ClFN. The number of halogens is 2. The highest BCUT2D eigenvalue weighted by Crippen LogP contribution is 2.24. The zero-order valence-electron chi connectivity index (χ0n) is 12.1. The van der Waals surface area contributed by atoms with Crippen LogP contribution in [0, 0.1) is 5.82 Å². The summed E-state index contributed by atoms with van der Waals surface area (Å²) < 4.78 is 13.8. The second kappa shape index (κ2) is 7.80. The second-order valence-corrected chi connectivity index (χ2v) is 5.94. The maximum Gasteiger partial charge on any atom is 0.126 e. The lowest BCUT2D eigenvalue weighted by molar-refractivity contribution is 0.492. The molecule has 0 saturated carbocycles. The molecule has 1 nitrogen and oxygen atoms in total. The average molecular weight is 296 g/mol. The molecule has 0 aromatic heterocycles. The van der Waals surface area contributed by atoms with Gasteiger partial charge < -0.3 is 5.32 Å². The summed E-state index contributed by atoms with van der Waals surface area (Å²) in [4.78, 5) is 0. The largest absolute Gasteiger partial charge is 0.314 e. The molecule has 0 radical (unpaired) electrons. The van der Waals surface area contributed by atoms with Crippen molar-refractivity contribution in [2.75, 3.05) is 6.54 Å². The number of benzene rings is 1. The molecule has 0 aliphatic heterocycles. The van der Waals surface area contributed by atoms with E-state index in [1.54, 1.807) is 12.1 Å². The van der Waals surface area contributed by atoms with Crippen LogP contribution in [0.4, 0.5) is 4.39 Å². The van der Waals surface area contributed by atoms with E-state index in [2.05, 4.69) is 18.3 Å². The molecule has 0 saturated heterocycles. The van der Waals surface area contributed by atoms with E-state index in [1.165, 1.54) is 37.3 Å². The lowest BCUT2D eigenvalue weighted by Crippen LogP contribution is -2.32. The molecular weight excluding hydrogens is 273 g/mol. The summed E-state index contributed by atoms with van der Waals surface area (Å²) in [5.41, 5.74) is 2.23. The predicted molar refractivity (Wildman–Crippen MR) is 83.7 cm³/mol. The van der Waals surface area contributed by atoms with Gasteiger partial charge in [-0.3, -0.25) is 0 Å². The summed E-state index contributed by atoms with van der Waals surface area (Å²) >= 11 is 5.97. The van der Waals surface area contributed by atoms with Crippen molar-refractivity contribution in [2.45, 2.75) is 51.5 Å². The van der Waals surface area contributed by atoms with Gasteiger partial charge in [0.05, 0.1) is 0 Å². The van der Waals surface area contributed by atoms with Gasteiger partial charge in [-0.25, -0.2) is 4.39 Å². The third-order valence-corrected chi connectivity index (χ3v) is 4.10. The number of hydrogen-bond donors (Lipinski definition) is 1. The lowest BCUT2D eigenvalue weighted by atomic mass is 9.91. The number of rotatable bonds is 6. The van der Waals surface area contributed by atoms with Gasteiger partial charge >= 0.3 is 0 Å². The normalized spacial score (nSPS) is 16.9. The standard InChI is InChI=1S/C17H23ClFN/c1-2-20-16(10-13-6-4-3-5-7-13)12-14-11-15(18)8-9-17(14)19/h6,8-9,11,16,20H,2-5,7,10,12H2,1H3. The van der Waals surface area contributed by atoms with Gasteiger partial charge in [-0.05, 0) is 68.8 Å². The number of hydrogen-bond acceptors (Lipinski definition) is 1. The van der Waals surface area contributed by atoms with Gasteiger partial charge in [0.2, 0.25) is 0 Å². The SMILES string of the molecule is CCNC(CC1=CCCCC1)Cc1cc(Cl)ccc1F. The first kappa shape index (κ1) is 15.5. The van der Waals surface area contributed by atoms with Crippen LogP contribution in [0.1, 0.15) is 44.6 Å². The molecule has 3 heteroatoms. The molecule has 0 spiro atoms. The highest BCUT2D eigenvalue weighted by molar-refractivity contribution is 6.30. The van der Waals surface area contributed by atoms with Crippen molar-refractivity contribution >= 4 is 11.6 Å². The van der Waals surface area contributed by atoms with Gasteiger partial charge in [0, 0.05) is 11.1 Å². The fourth-order valence-electron chi connectivity index (χ4n) is 2.88. The van der Waals surface area contributed by atoms with Crippen LogP contribution in [0.15, 0.2) is 29.8 Å². The van der Waals surface area contributed by atoms with Crippen LogP contribution in [-0.4, -0.2) is 12.6 Å². The quantitative estimate of drug-likeness (QED) is 0.737. The molecule has 0 heterocycles. The Morgan fingerprint density at radius 3 is 2.85 bits per heavy atom. The minimum atomic E-state index is -0.157. The fraction of sp³-hybridized carbons (Fsp3) is 0.529. The molecule has 1 aliphatic carbocycles. The van der Waals surface area contributed by atoms with E-state index < -0.39 is 0 Å². The van der Waals surface area contributed by atoms with Crippen molar-refractivity contribution < 1.29 is 4.39 Å². The Morgan fingerprint density at radius 2 is 2.15 bits per heavy atom. The van der Waals surface area contributed by atoms with Gasteiger partial charge in [0.25, 0.3) is 0 Å². The van der Waals surface area contributed by atoms with Crippen molar-refractivity contribution in [1.29, 1.82) is 0 Å². The summed E-state index contributed by atoms with van der Waals surface area (Å²) in [6.07, 6.45) is 9.05. The molecule has 20 heavy (non-hydrogen) atoms. The van der Waals surface area contributed by atoms with E-state index in [0.29, 0.717) is 17.0 Å². The fourth-order valence-corrected chi connectivity index (χ4v) is 3.07. The highest BCUT2D eigenvalue weighted by Gasteiger charge is 2.15. The van der Waals surface area contributed by atoms with Crippen LogP contribution in [0.2, 0.25) is 5.02 Å². The molecule has 1 atom stereocenters. The summed E-state index contributed by atoms with van der Waals surface area (Å²) in [6.45, 7) is 3.00. The maximum atomic E-state index is 13.8. The first-order valence-corrected chi connectivity index (χ1v) is 7.92. The van der Waals surface area contributed by atoms with Crippen LogP contribution < -0.4 is 5.32 Å². The number of nitrogens with one attached hydrogen (secondary N) is 1. The summed E-state index contributed by atoms with van der Waals surface area (Å²) in [5.74, 6) is -0.157. The van der Waals surface area contributed by atoms with Crippen molar-refractivity contribution in [3.05, 3.63) is 46.3 Å². The number of allylic oxidation sites excluding steroid dienone is 1. The van der Waals surface area contributed by atoms with Crippen LogP contribution in [0.5, 0.6) is 0 Å². The Hall–Kier alpha value is -0.860. The summed E-state index contributed by atoms with van der Waals surface area (Å²) in [5, 5.41) is 4.08. The highest BCUT2D eigenvalue weighted by atomic mass is 35.5. The van der Waals surface area contributed by atoms with Gasteiger partial charge in [0.1, 0.15) is 5.82 Å². The van der Waals surface area contributed by atoms with Gasteiger partial charge in [-0.2, -0.15) is 0 Å². The number of likely N-dealkylation sites (N-methyl/N-ethyl adjacent to an activating group) is 1. The van der Waals surface area contributed by atoms with Crippen LogP contribution in [0.25, 0.3) is 0 Å². The lowest BCUT2D eigenvalue weighted by Gasteiger charge is -2.22. The van der Waals surface area contributed by atoms with E-state index in [4.69, 9.17) is 11.6 Å². The van der Waals surface area contributed by atoms with E-state index in [-0.39, 0.29) is 11.9 Å². The van der Waals surface area contributed by atoms with Gasteiger partial charge in [-0.15, -0.1) is 0 Å². The zero-order chi connectivity index (χ0) is 14.4. The Kier molecular flexibility index (Phi) is 6.06. The van der Waals surface area contributed by atoms with Crippen molar-refractivity contribution in [3.63, 3.8) is 0 Å². The molecule has 0 amide bonds. The Labute approximate surface area is 126 Å². The van der Waals surface area contributed by atoms with Gasteiger partial charge in [-0.1, -0.05) is 30.2 Å². The first-order valence-electron chi connectivity index (χ1n) is 7.54. The monoisotopic (exact) mass is 295 g/mol. The Bertz CT molecular complexity index is 470. The Morgan fingerprint density at radius 1 is 1.30 bits per heavy atom. The van der Waals surface area contributed by atoms with Crippen LogP contribution in [0.3, 0.4) is 0 Å². The molecule has 0 fully saturated rings. The minimum absolute atomic E-state index is 0.157. The van der Waals surface area contributed by atoms with E-state index in [0.717, 1.165) is 13.0 Å². The summed E-state index contributed by atoms with van der Waals surface area (Å²) in [7, 11) is 0. The molecule has 1 N–H and O–H groups in total. The van der Waals surface area contributed by atoms with E-state index in [9.17, 15) is 4.39 Å². The molecule has 0 bridgehead atoms. The topological polar surface area (TPSA) is 12.0 Å². The minimum Gasteiger partial charge on any atom is -0.314 e. The zero-order valence-corrected chi connectivity index (χ0v) is 12.8. The third kappa shape index (κ3) is 4.60. The van der Waals surface area contributed by atoms with Crippen molar-refractivity contribution in [3.8, 4) is 0 Å². The third-order valence-electron chi connectivity index (χ3n) is 3.86. The molecule has 2 rings (SSSR count). The predicted octanol–water partition coefficient (Wildman–Crippen LogP) is 4.89. The molecule has 1 aliphatic rings. The van der Waals surface area contributed by atoms with Gasteiger partial charge in [0.15, 0.2) is 0 Å². The molecule has 110 valence electrons. The Balaban J connectivity index is 2.04. The molecule has 1 aromatic rings. The van der Waals surface area contributed by atoms with Crippen molar-refractivity contribution in [2.24, 2.45) is 0 Å². The van der Waals surface area contributed by atoms with E-state index in [1.807, 2.05) is 0 Å². The average Bonchev–Trinajstić information content (AvgIpc) is 2.44. The van der Waals surface area contributed by atoms with Crippen LogP contribution in [-0.2, 0) is 6.42 Å².